The fourth-order valence-electron chi connectivity index (χ4n) is 3.44. The Morgan fingerprint density at radius 1 is 1.33 bits per heavy atom. The highest BCUT2D eigenvalue weighted by molar-refractivity contribution is 4.92. The Bertz CT molecular complexity index is 233. The molecule has 1 spiro atoms. The van der Waals surface area contributed by atoms with Crippen molar-refractivity contribution in [3.8, 4) is 0 Å². The molecule has 2 rings (SSSR count). The van der Waals surface area contributed by atoms with E-state index < -0.39 is 0 Å². The second kappa shape index (κ2) is 6.88. The maximum Gasteiger partial charge on any atom is 0.0697 e. The number of nitrogens with one attached hydrogen (secondary N) is 1. The van der Waals surface area contributed by atoms with Crippen LogP contribution in [0, 0.1) is 5.92 Å². The first-order chi connectivity index (χ1) is 8.74. The van der Waals surface area contributed by atoms with Gasteiger partial charge in [-0.1, -0.05) is 26.2 Å². The number of rotatable bonds is 5. The largest absolute Gasteiger partial charge is 0.396 e. The zero-order valence-electron chi connectivity index (χ0n) is 11.8. The molecule has 2 N–H and O–H groups in total. The number of hydrogen-bond donors (Lipinski definition) is 2. The van der Waals surface area contributed by atoms with Crippen molar-refractivity contribution in [2.24, 2.45) is 5.92 Å². The Kier molecular flexibility index (Phi) is 5.46. The van der Waals surface area contributed by atoms with Gasteiger partial charge in [-0.15, -0.1) is 0 Å². The predicted octanol–water partition coefficient (Wildman–Crippen LogP) is 2.48. The smallest absolute Gasteiger partial charge is 0.0697 e. The van der Waals surface area contributed by atoms with Crippen LogP contribution < -0.4 is 5.32 Å². The minimum atomic E-state index is 0.203. The van der Waals surface area contributed by atoms with E-state index in [0.29, 0.717) is 18.6 Å². The van der Waals surface area contributed by atoms with Crippen LogP contribution in [0.5, 0.6) is 0 Å². The quantitative estimate of drug-likeness (QED) is 0.793. The van der Waals surface area contributed by atoms with Gasteiger partial charge in [0.25, 0.3) is 0 Å². The first-order valence-electron chi connectivity index (χ1n) is 7.72. The van der Waals surface area contributed by atoms with E-state index in [4.69, 9.17) is 9.84 Å². The summed E-state index contributed by atoms with van der Waals surface area (Å²) in [6.45, 7) is 4.47. The first kappa shape index (κ1) is 14.3. The van der Waals surface area contributed by atoms with Crippen LogP contribution in [-0.2, 0) is 4.74 Å². The molecule has 2 atom stereocenters. The summed E-state index contributed by atoms with van der Waals surface area (Å²) in [5.74, 6) is 0.570. The summed E-state index contributed by atoms with van der Waals surface area (Å²) in [5, 5.41) is 12.6. The summed E-state index contributed by atoms with van der Waals surface area (Å²) < 4.78 is 6.11. The molecule has 1 aliphatic heterocycles. The second-order valence-corrected chi connectivity index (χ2v) is 6.31. The van der Waals surface area contributed by atoms with Crippen LogP contribution in [0.4, 0.5) is 0 Å². The summed E-state index contributed by atoms with van der Waals surface area (Å²) in [4.78, 5) is 0. The highest BCUT2D eigenvalue weighted by Gasteiger charge is 2.38. The molecule has 0 aromatic rings. The normalized spacial score (nSPS) is 29.3. The molecule has 3 nitrogen and oxygen atoms in total. The number of ether oxygens (including phenoxy) is 1. The topological polar surface area (TPSA) is 41.5 Å². The Morgan fingerprint density at radius 2 is 2.11 bits per heavy atom. The number of hydrogen-bond acceptors (Lipinski definition) is 3. The molecular weight excluding hydrogens is 226 g/mol. The molecule has 0 bridgehead atoms. The van der Waals surface area contributed by atoms with Crippen molar-refractivity contribution in [1.29, 1.82) is 0 Å². The standard InChI is InChI=1S/C15H29NO2/c1-13(5-9-17)12-16-14-6-10-18-15(11-14)7-3-2-4-8-15/h13-14,16-17H,2-12H2,1H3. The lowest BCUT2D eigenvalue weighted by atomic mass is 9.78. The zero-order chi connectivity index (χ0) is 12.8. The predicted molar refractivity (Wildman–Crippen MR) is 73.7 cm³/mol. The van der Waals surface area contributed by atoms with Crippen LogP contribution in [-0.4, -0.2) is 36.5 Å². The lowest BCUT2D eigenvalue weighted by Gasteiger charge is -2.44. The molecule has 2 unspecified atom stereocenters. The monoisotopic (exact) mass is 255 g/mol. The third-order valence-electron chi connectivity index (χ3n) is 4.63. The number of aliphatic hydroxyl groups excluding tert-OH is 1. The molecule has 0 aromatic heterocycles. The van der Waals surface area contributed by atoms with Gasteiger partial charge in [-0.2, -0.15) is 0 Å². The van der Waals surface area contributed by atoms with Gasteiger partial charge in [-0.05, 0) is 44.6 Å². The Hall–Kier alpha value is -0.120. The molecule has 3 heteroatoms. The molecule has 0 aromatic carbocycles. The van der Waals surface area contributed by atoms with Crippen LogP contribution in [0.3, 0.4) is 0 Å². The van der Waals surface area contributed by atoms with Crippen molar-refractivity contribution in [2.45, 2.75) is 69.9 Å². The summed E-state index contributed by atoms with van der Waals surface area (Å²) in [6.07, 6.45) is 9.83. The van der Waals surface area contributed by atoms with Gasteiger partial charge >= 0.3 is 0 Å². The molecule has 2 fully saturated rings. The molecule has 0 amide bonds. The van der Waals surface area contributed by atoms with E-state index in [2.05, 4.69) is 12.2 Å². The van der Waals surface area contributed by atoms with Gasteiger partial charge in [0.05, 0.1) is 5.60 Å². The van der Waals surface area contributed by atoms with Crippen molar-refractivity contribution in [3.05, 3.63) is 0 Å². The van der Waals surface area contributed by atoms with E-state index in [-0.39, 0.29) is 5.60 Å². The Morgan fingerprint density at radius 3 is 2.83 bits per heavy atom. The molecule has 106 valence electrons. The molecule has 2 aliphatic rings. The van der Waals surface area contributed by atoms with Gasteiger partial charge in [0.15, 0.2) is 0 Å². The van der Waals surface area contributed by atoms with Gasteiger partial charge in [0.1, 0.15) is 0 Å². The number of aliphatic hydroxyl groups is 1. The van der Waals surface area contributed by atoms with Gasteiger partial charge in [0.2, 0.25) is 0 Å². The molecule has 1 saturated carbocycles. The van der Waals surface area contributed by atoms with Gasteiger partial charge in [-0.25, -0.2) is 0 Å². The highest BCUT2D eigenvalue weighted by Crippen LogP contribution is 2.38. The summed E-state index contributed by atoms with van der Waals surface area (Å²) >= 11 is 0. The van der Waals surface area contributed by atoms with Crippen LogP contribution >= 0.6 is 0 Å². The molecule has 18 heavy (non-hydrogen) atoms. The maximum absolute atomic E-state index is 8.92. The van der Waals surface area contributed by atoms with E-state index in [1.807, 2.05) is 0 Å². The Balaban J connectivity index is 1.76. The molecule has 1 aliphatic carbocycles. The zero-order valence-corrected chi connectivity index (χ0v) is 11.8. The average Bonchev–Trinajstić information content (AvgIpc) is 2.38. The van der Waals surface area contributed by atoms with E-state index in [0.717, 1.165) is 26.0 Å². The average molecular weight is 255 g/mol. The van der Waals surface area contributed by atoms with Crippen LogP contribution in [0.2, 0.25) is 0 Å². The van der Waals surface area contributed by atoms with E-state index in [9.17, 15) is 0 Å². The third kappa shape index (κ3) is 3.94. The fourth-order valence-corrected chi connectivity index (χ4v) is 3.44. The SMILES string of the molecule is CC(CCO)CNC1CCOC2(CCCCC2)C1. The molecule has 1 heterocycles. The van der Waals surface area contributed by atoms with E-state index in [1.165, 1.54) is 38.5 Å². The Labute approximate surface area is 111 Å². The first-order valence-corrected chi connectivity index (χ1v) is 7.72. The van der Waals surface area contributed by atoms with Gasteiger partial charge in [-0.3, -0.25) is 0 Å². The molecule has 1 saturated heterocycles. The van der Waals surface area contributed by atoms with Crippen molar-refractivity contribution < 1.29 is 9.84 Å². The highest BCUT2D eigenvalue weighted by atomic mass is 16.5. The minimum absolute atomic E-state index is 0.203. The van der Waals surface area contributed by atoms with Gasteiger partial charge < -0.3 is 15.2 Å². The van der Waals surface area contributed by atoms with Crippen LogP contribution in [0.15, 0.2) is 0 Å². The summed E-state index contributed by atoms with van der Waals surface area (Å²) in [6, 6.07) is 0.623. The molecular formula is C15H29NO2. The second-order valence-electron chi connectivity index (χ2n) is 6.31. The third-order valence-corrected chi connectivity index (χ3v) is 4.63. The van der Waals surface area contributed by atoms with E-state index in [1.54, 1.807) is 0 Å². The van der Waals surface area contributed by atoms with Crippen LogP contribution in [0.25, 0.3) is 0 Å². The fraction of sp³-hybridized carbons (Fsp3) is 1.00. The lowest BCUT2D eigenvalue weighted by Crippen LogP contribution is -2.48. The lowest BCUT2D eigenvalue weighted by molar-refractivity contribution is -0.109. The van der Waals surface area contributed by atoms with Crippen molar-refractivity contribution in [2.75, 3.05) is 19.8 Å². The van der Waals surface area contributed by atoms with Crippen LogP contribution in [0.1, 0.15) is 58.3 Å². The summed E-state index contributed by atoms with van der Waals surface area (Å²) in [7, 11) is 0. The van der Waals surface area contributed by atoms with Crippen molar-refractivity contribution in [3.63, 3.8) is 0 Å². The van der Waals surface area contributed by atoms with Crippen molar-refractivity contribution in [1.82, 2.24) is 5.32 Å². The molecule has 0 radical (unpaired) electrons. The maximum atomic E-state index is 8.92. The van der Waals surface area contributed by atoms with Gasteiger partial charge in [0, 0.05) is 19.3 Å². The van der Waals surface area contributed by atoms with E-state index >= 15 is 0 Å². The van der Waals surface area contributed by atoms with Crippen molar-refractivity contribution >= 4 is 0 Å². The minimum Gasteiger partial charge on any atom is -0.396 e. The summed E-state index contributed by atoms with van der Waals surface area (Å²) in [5.41, 5.74) is 0.203.